The minimum Gasteiger partial charge on any atom is -0.469 e. The zero-order valence-electron chi connectivity index (χ0n) is 16.2. The van der Waals surface area contributed by atoms with Crippen molar-refractivity contribution in [1.82, 2.24) is 0 Å². The Balaban J connectivity index is 1.92. The van der Waals surface area contributed by atoms with E-state index in [4.69, 9.17) is 9.47 Å². The van der Waals surface area contributed by atoms with Gasteiger partial charge in [0, 0.05) is 17.4 Å². The first-order chi connectivity index (χ1) is 13.5. The number of carbonyl (C=O) groups is 2. The first kappa shape index (κ1) is 18.5. The van der Waals surface area contributed by atoms with E-state index in [1.807, 2.05) is 67.6 Å². The van der Waals surface area contributed by atoms with Crippen molar-refractivity contribution in [2.45, 2.75) is 26.2 Å². The third-order valence-corrected chi connectivity index (χ3v) is 6.17. The summed E-state index contributed by atoms with van der Waals surface area (Å²) in [6.45, 7) is 1.90. The second kappa shape index (κ2) is 7.27. The zero-order chi connectivity index (χ0) is 19.7. The SMILES string of the molecule is COC(=O)[C@H]1/C(=C(\Oc2ccccc2)c2ccccc2)[C@@H]2CC[C@@]1(C)C(=O)C2. The van der Waals surface area contributed by atoms with Crippen molar-refractivity contribution in [3.05, 3.63) is 71.8 Å². The molecule has 3 fully saturated rings. The lowest BCUT2D eigenvalue weighted by atomic mass is 9.52. The van der Waals surface area contributed by atoms with Gasteiger partial charge in [0.2, 0.25) is 0 Å². The highest BCUT2D eigenvalue weighted by Gasteiger charge is 2.57. The lowest BCUT2D eigenvalue weighted by molar-refractivity contribution is -0.158. The molecule has 0 saturated heterocycles. The molecule has 4 heteroatoms. The van der Waals surface area contributed by atoms with Crippen molar-refractivity contribution in [2.75, 3.05) is 7.11 Å². The van der Waals surface area contributed by atoms with Gasteiger partial charge < -0.3 is 9.47 Å². The second-order valence-electron chi connectivity index (χ2n) is 7.80. The molecule has 4 nitrogen and oxygen atoms in total. The van der Waals surface area contributed by atoms with Gasteiger partial charge in [-0.15, -0.1) is 0 Å². The normalized spacial score (nSPS) is 28.0. The molecular weight excluding hydrogens is 352 g/mol. The van der Waals surface area contributed by atoms with Crippen LogP contribution < -0.4 is 4.74 Å². The summed E-state index contributed by atoms with van der Waals surface area (Å²) in [7, 11) is 1.39. The Morgan fingerprint density at radius 1 is 1.04 bits per heavy atom. The fourth-order valence-corrected chi connectivity index (χ4v) is 4.62. The number of para-hydroxylation sites is 1. The van der Waals surface area contributed by atoms with Gasteiger partial charge in [-0.2, -0.15) is 0 Å². The largest absolute Gasteiger partial charge is 0.469 e. The van der Waals surface area contributed by atoms with Crippen molar-refractivity contribution in [1.29, 1.82) is 0 Å². The average Bonchev–Trinajstić information content (AvgIpc) is 2.73. The highest BCUT2D eigenvalue weighted by atomic mass is 16.5. The molecule has 0 heterocycles. The minimum absolute atomic E-state index is 0.00246. The molecule has 2 aromatic rings. The van der Waals surface area contributed by atoms with Crippen molar-refractivity contribution in [3.63, 3.8) is 0 Å². The summed E-state index contributed by atoms with van der Waals surface area (Å²) < 4.78 is 11.5. The first-order valence-corrected chi connectivity index (χ1v) is 9.68. The van der Waals surface area contributed by atoms with E-state index in [2.05, 4.69) is 0 Å². The summed E-state index contributed by atoms with van der Waals surface area (Å²) in [6.07, 6.45) is 2.03. The smallest absolute Gasteiger partial charge is 0.313 e. The van der Waals surface area contributed by atoms with Crippen LogP contribution in [0.15, 0.2) is 66.2 Å². The summed E-state index contributed by atoms with van der Waals surface area (Å²) in [5.74, 6) is 0.546. The van der Waals surface area contributed by atoms with Gasteiger partial charge in [-0.25, -0.2) is 0 Å². The van der Waals surface area contributed by atoms with Gasteiger partial charge in [0.15, 0.2) is 0 Å². The molecule has 3 saturated carbocycles. The number of Topliss-reactive ketones (excluding diaryl/α,β-unsaturated/α-hetero) is 1. The van der Waals surface area contributed by atoms with Crippen molar-refractivity contribution >= 4 is 17.5 Å². The number of methoxy groups -OCH3 is 1. The maximum absolute atomic E-state index is 12.8. The molecule has 3 aliphatic carbocycles. The molecule has 3 atom stereocenters. The van der Waals surface area contributed by atoms with E-state index < -0.39 is 11.3 Å². The van der Waals surface area contributed by atoms with Crippen LogP contribution in [0, 0.1) is 17.3 Å². The molecule has 0 aliphatic heterocycles. The molecule has 0 spiro atoms. The van der Waals surface area contributed by atoms with Crippen LogP contribution in [0.4, 0.5) is 0 Å². The van der Waals surface area contributed by atoms with Crippen LogP contribution in [0.1, 0.15) is 31.7 Å². The Bertz CT molecular complexity index is 916. The van der Waals surface area contributed by atoms with Crippen LogP contribution in [-0.4, -0.2) is 18.9 Å². The van der Waals surface area contributed by atoms with Gasteiger partial charge in [-0.3, -0.25) is 9.59 Å². The van der Waals surface area contributed by atoms with Gasteiger partial charge in [0.25, 0.3) is 0 Å². The number of hydrogen-bond donors (Lipinski definition) is 0. The molecule has 0 N–H and O–H groups in total. The topological polar surface area (TPSA) is 52.6 Å². The molecule has 0 amide bonds. The van der Waals surface area contributed by atoms with Gasteiger partial charge in [-0.1, -0.05) is 55.5 Å². The number of hydrogen-bond acceptors (Lipinski definition) is 4. The van der Waals surface area contributed by atoms with Crippen molar-refractivity contribution in [3.8, 4) is 5.75 Å². The molecule has 144 valence electrons. The van der Waals surface area contributed by atoms with E-state index in [1.165, 1.54) is 7.11 Å². The third kappa shape index (κ3) is 3.03. The van der Waals surface area contributed by atoms with Gasteiger partial charge >= 0.3 is 5.97 Å². The molecule has 2 bridgehead atoms. The van der Waals surface area contributed by atoms with Gasteiger partial charge in [0.1, 0.15) is 17.3 Å². The summed E-state index contributed by atoms with van der Waals surface area (Å²) in [5, 5.41) is 0. The zero-order valence-corrected chi connectivity index (χ0v) is 16.2. The lowest BCUT2D eigenvalue weighted by Crippen LogP contribution is -2.52. The molecule has 2 aromatic carbocycles. The molecule has 0 radical (unpaired) electrons. The number of rotatable bonds is 4. The Morgan fingerprint density at radius 3 is 2.29 bits per heavy atom. The predicted molar refractivity (Wildman–Crippen MR) is 106 cm³/mol. The Morgan fingerprint density at radius 2 is 1.68 bits per heavy atom. The quantitative estimate of drug-likeness (QED) is 0.575. The Hall–Kier alpha value is -2.88. The summed E-state index contributed by atoms with van der Waals surface area (Å²) in [4.78, 5) is 25.6. The number of carbonyl (C=O) groups excluding carboxylic acids is 2. The van der Waals surface area contributed by atoms with E-state index >= 15 is 0 Å². The maximum Gasteiger partial charge on any atom is 0.313 e. The van der Waals surface area contributed by atoms with Gasteiger partial charge in [0.05, 0.1) is 13.0 Å². The third-order valence-electron chi connectivity index (χ3n) is 6.17. The summed E-state index contributed by atoms with van der Waals surface area (Å²) >= 11 is 0. The molecule has 28 heavy (non-hydrogen) atoms. The Labute approximate surface area is 165 Å². The minimum atomic E-state index is -0.739. The number of esters is 1. The predicted octanol–water partition coefficient (Wildman–Crippen LogP) is 4.66. The molecule has 5 rings (SSSR count). The number of ketones is 1. The van der Waals surface area contributed by atoms with Crippen LogP contribution in [0.3, 0.4) is 0 Å². The maximum atomic E-state index is 12.8. The van der Waals surface area contributed by atoms with Crippen molar-refractivity contribution in [2.24, 2.45) is 17.3 Å². The van der Waals surface area contributed by atoms with Crippen molar-refractivity contribution < 1.29 is 19.1 Å². The number of benzene rings is 2. The van der Waals surface area contributed by atoms with E-state index in [-0.39, 0.29) is 17.7 Å². The fourth-order valence-electron chi connectivity index (χ4n) is 4.62. The van der Waals surface area contributed by atoms with E-state index in [0.717, 1.165) is 17.6 Å². The fraction of sp³-hybridized carbons (Fsp3) is 0.333. The molecular formula is C24H24O4. The van der Waals surface area contributed by atoms with Crippen LogP contribution in [0.5, 0.6) is 5.75 Å². The van der Waals surface area contributed by atoms with Crippen LogP contribution >= 0.6 is 0 Å². The standard InChI is InChI=1S/C24H24O4/c1-24-14-13-17(15-19(24)25)20(21(24)23(26)27-2)22(16-9-5-3-6-10-16)28-18-11-7-4-8-12-18/h3-12,17,21H,13-15H2,1-2H3/b22-20-/t17-,21-,24+/m1/s1. The number of ether oxygens (including phenoxy) is 2. The first-order valence-electron chi connectivity index (χ1n) is 9.68. The number of fused-ring (bicyclic) bond motifs is 3. The summed E-state index contributed by atoms with van der Waals surface area (Å²) in [5.41, 5.74) is 1.06. The van der Waals surface area contributed by atoms with E-state index in [1.54, 1.807) is 0 Å². The highest BCUT2D eigenvalue weighted by molar-refractivity contribution is 5.96. The van der Waals surface area contributed by atoms with Gasteiger partial charge in [-0.05, 0) is 36.5 Å². The van der Waals surface area contributed by atoms with E-state index in [9.17, 15) is 9.59 Å². The van der Waals surface area contributed by atoms with Crippen LogP contribution in [0.2, 0.25) is 0 Å². The monoisotopic (exact) mass is 376 g/mol. The highest BCUT2D eigenvalue weighted by Crippen LogP contribution is 2.56. The second-order valence-corrected chi connectivity index (χ2v) is 7.80. The Kier molecular flexibility index (Phi) is 4.80. The summed E-state index contributed by atoms with van der Waals surface area (Å²) in [6, 6.07) is 19.4. The lowest BCUT2D eigenvalue weighted by Gasteiger charge is -2.49. The molecule has 0 unspecified atom stereocenters. The van der Waals surface area contributed by atoms with Crippen LogP contribution in [0.25, 0.3) is 5.76 Å². The van der Waals surface area contributed by atoms with Crippen LogP contribution in [-0.2, 0) is 14.3 Å². The molecule has 3 aliphatic rings. The molecule has 0 aromatic heterocycles. The average molecular weight is 376 g/mol. The van der Waals surface area contributed by atoms with E-state index in [0.29, 0.717) is 24.4 Å².